The van der Waals surface area contributed by atoms with Gasteiger partial charge in [0.2, 0.25) is 5.91 Å². The third-order valence-corrected chi connectivity index (χ3v) is 5.43. The van der Waals surface area contributed by atoms with E-state index in [2.05, 4.69) is 52.3 Å². The number of carbonyl (C=O) groups is 3. The second-order valence-corrected chi connectivity index (χ2v) is 9.84. The summed E-state index contributed by atoms with van der Waals surface area (Å²) < 4.78 is 5.93. The van der Waals surface area contributed by atoms with Crippen molar-refractivity contribution in [2.75, 3.05) is 13.2 Å². The number of esters is 1. The molecule has 0 aliphatic heterocycles. The summed E-state index contributed by atoms with van der Waals surface area (Å²) in [4.78, 5) is 41.4. The normalized spacial score (nSPS) is 11.8. The van der Waals surface area contributed by atoms with E-state index in [0.717, 1.165) is 15.6 Å². The molecule has 2 aromatic carbocycles. The van der Waals surface area contributed by atoms with E-state index in [4.69, 9.17) is 16.2 Å². The summed E-state index contributed by atoms with van der Waals surface area (Å²) in [5.74, 6) is -1.48. The average molecular weight is 546 g/mol. The maximum Gasteiger partial charge on any atom is 0.308 e. The van der Waals surface area contributed by atoms with E-state index < -0.39 is 23.8 Å². The van der Waals surface area contributed by atoms with Gasteiger partial charge in [0.15, 0.2) is 5.96 Å². The molecule has 0 radical (unpaired) electrons. The second kappa shape index (κ2) is 12.3. The average Bonchev–Trinajstić information content (AvgIpc) is 2.76. The summed E-state index contributed by atoms with van der Waals surface area (Å²) in [6.45, 7) is 7.91. The van der Waals surface area contributed by atoms with E-state index in [1.54, 1.807) is 25.1 Å². The lowest BCUT2D eigenvalue weighted by atomic mass is 9.85. The highest BCUT2D eigenvalue weighted by Crippen LogP contribution is 2.30. The molecule has 9 nitrogen and oxygen atoms in total. The maximum atomic E-state index is 12.7. The zero-order valence-electron chi connectivity index (χ0n) is 20.4. The number of hydrogen-bond donors (Lipinski definition) is 4. The largest absolute Gasteiger partial charge is 0.466 e. The van der Waals surface area contributed by atoms with Crippen LogP contribution in [0.1, 0.15) is 61.6 Å². The summed E-state index contributed by atoms with van der Waals surface area (Å²) in [5.41, 5.74) is 13.1. The van der Waals surface area contributed by atoms with Crippen molar-refractivity contribution in [2.24, 2.45) is 16.5 Å². The van der Waals surface area contributed by atoms with Gasteiger partial charge in [0.05, 0.1) is 31.3 Å². The number of nitrogens with one attached hydrogen (secondary N) is 2. The molecule has 10 heteroatoms. The molecule has 0 aliphatic rings. The number of rotatable bonds is 9. The molecule has 6 N–H and O–H groups in total. The summed E-state index contributed by atoms with van der Waals surface area (Å²) in [6, 6.07) is 11.5. The van der Waals surface area contributed by atoms with Crippen LogP contribution in [-0.4, -0.2) is 36.9 Å². The Kier molecular flexibility index (Phi) is 9.82. The van der Waals surface area contributed by atoms with Gasteiger partial charge in [-0.1, -0.05) is 48.8 Å². The smallest absolute Gasteiger partial charge is 0.308 e. The van der Waals surface area contributed by atoms with Gasteiger partial charge in [0.1, 0.15) is 0 Å². The van der Waals surface area contributed by atoms with Crippen LogP contribution in [0.15, 0.2) is 51.9 Å². The van der Waals surface area contributed by atoms with Crippen molar-refractivity contribution in [2.45, 2.75) is 45.6 Å². The topological polar surface area (TPSA) is 149 Å². The molecular formula is C25H32BrN5O4. The third-order valence-electron chi connectivity index (χ3n) is 4.98. The van der Waals surface area contributed by atoms with Gasteiger partial charge in [-0.2, -0.15) is 0 Å². The van der Waals surface area contributed by atoms with E-state index >= 15 is 0 Å². The number of halogens is 1. The molecule has 2 rings (SSSR count). The van der Waals surface area contributed by atoms with Crippen LogP contribution in [0.25, 0.3) is 0 Å². The van der Waals surface area contributed by atoms with Crippen LogP contribution in [0.4, 0.5) is 5.69 Å². The number of aliphatic imine (C=N–C) groups is 1. The molecular weight excluding hydrogens is 514 g/mol. The monoisotopic (exact) mass is 545 g/mol. The second-order valence-electron chi connectivity index (χ2n) is 8.92. The van der Waals surface area contributed by atoms with Crippen LogP contribution in [0.3, 0.4) is 0 Å². The molecule has 35 heavy (non-hydrogen) atoms. The van der Waals surface area contributed by atoms with E-state index in [9.17, 15) is 14.4 Å². The SMILES string of the molecule is CCOC(=O)C[C@H](NC(=O)CNC(=O)c1cccc(N=C(N)N)c1)c1cc(Br)cc(C(C)(C)C)c1. The van der Waals surface area contributed by atoms with Crippen molar-refractivity contribution in [3.8, 4) is 0 Å². The standard InChI is InChI=1S/C25H32BrN5O4/c1-5-35-22(33)13-20(16-9-17(25(2,3)4)12-18(26)10-16)31-21(32)14-29-23(34)15-7-6-8-19(11-15)30-24(27)28/h6-12,20H,5,13-14H2,1-4H3,(H,29,34)(H,31,32)(H4,27,28,30)/t20-/m0/s1. The Morgan fingerprint density at radius 3 is 2.46 bits per heavy atom. The van der Waals surface area contributed by atoms with Gasteiger partial charge < -0.3 is 26.8 Å². The lowest BCUT2D eigenvalue weighted by molar-refractivity contribution is -0.143. The van der Waals surface area contributed by atoms with E-state index in [1.165, 1.54) is 6.07 Å². The summed E-state index contributed by atoms with van der Waals surface area (Å²) in [5, 5.41) is 5.42. The zero-order chi connectivity index (χ0) is 26.2. The number of carbonyl (C=O) groups excluding carboxylic acids is 3. The predicted molar refractivity (Wildman–Crippen MR) is 139 cm³/mol. The molecule has 0 saturated heterocycles. The van der Waals surface area contributed by atoms with Gasteiger partial charge in [0, 0.05) is 10.0 Å². The lowest BCUT2D eigenvalue weighted by Gasteiger charge is -2.24. The maximum absolute atomic E-state index is 12.7. The molecule has 0 spiro atoms. The van der Waals surface area contributed by atoms with Crippen molar-refractivity contribution in [3.05, 3.63) is 63.6 Å². The van der Waals surface area contributed by atoms with Crippen molar-refractivity contribution < 1.29 is 19.1 Å². The first-order valence-corrected chi connectivity index (χ1v) is 11.9. The van der Waals surface area contributed by atoms with Gasteiger partial charge in [-0.15, -0.1) is 0 Å². The number of guanidine groups is 1. The summed E-state index contributed by atoms with van der Waals surface area (Å²) >= 11 is 3.52. The lowest BCUT2D eigenvalue weighted by Crippen LogP contribution is -2.39. The molecule has 1 atom stereocenters. The molecule has 0 heterocycles. The number of ether oxygens (including phenoxy) is 1. The fourth-order valence-corrected chi connectivity index (χ4v) is 3.77. The number of amides is 2. The minimum absolute atomic E-state index is 0.0475. The molecule has 188 valence electrons. The van der Waals surface area contributed by atoms with Crippen LogP contribution in [-0.2, 0) is 19.7 Å². The summed E-state index contributed by atoms with van der Waals surface area (Å²) in [7, 11) is 0. The molecule has 0 aliphatic carbocycles. The number of nitrogens with two attached hydrogens (primary N) is 2. The Morgan fingerprint density at radius 1 is 1.11 bits per heavy atom. The number of benzene rings is 2. The van der Waals surface area contributed by atoms with Crippen molar-refractivity contribution in [1.29, 1.82) is 0 Å². The molecule has 0 aromatic heterocycles. The number of hydrogen-bond acceptors (Lipinski definition) is 5. The Morgan fingerprint density at radius 2 is 1.83 bits per heavy atom. The van der Waals surface area contributed by atoms with Crippen molar-refractivity contribution >= 4 is 45.4 Å². The molecule has 0 bridgehead atoms. The first-order chi connectivity index (χ1) is 16.4. The first kappa shape index (κ1) is 27.8. The molecule has 0 saturated carbocycles. The van der Waals surface area contributed by atoms with Crippen molar-refractivity contribution in [1.82, 2.24) is 10.6 Å². The van der Waals surface area contributed by atoms with E-state index in [-0.39, 0.29) is 30.9 Å². The molecule has 0 unspecified atom stereocenters. The fraction of sp³-hybridized carbons (Fsp3) is 0.360. The minimum atomic E-state index is -0.637. The van der Waals surface area contributed by atoms with Crippen molar-refractivity contribution in [3.63, 3.8) is 0 Å². The quantitative estimate of drug-likeness (QED) is 0.216. The van der Waals surface area contributed by atoms with E-state index in [1.807, 2.05) is 18.2 Å². The highest BCUT2D eigenvalue weighted by molar-refractivity contribution is 9.10. The van der Waals surface area contributed by atoms with Gasteiger partial charge in [-0.25, -0.2) is 4.99 Å². The van der Waals surface area contributed by atoms with Crippen LogP contribution < -0.4 is 22.1 Å². The fourth-order valence-electron chi connectivity index (χ4n) is 3.26. The Labute approximate surface area is 213 Å². The van der Waals surface area contributed by atoms with Gasteiger partial charge in [-0.3, -0.25) is 14.4 Å². The van der Waals surface area contributed by atoms with Crippen LogP contribution >= 0.6 is 15.9 Å². The molecule has 0 fully saturated rings. The van der Waals surface area contributed by atoms with Crippen LogP contribution in [0.2, 0.25) is 0 Å². The molecule has 2 aromatic rings. The van der Waals surface area contributed by atoms with Gasteiger partial charge in [-0.05, 0) is 53.8 Å². The Balaban J connectivity index is 2.16. The van der Waals surface area contributed by atoms with E-state index in [0.29, 0.717) is 11.3 Å². The highest BCUT2D eigenvalue weighted by Gasteiger charge is 2.23. The minimum Gasteiger partial charge on any atom is -0.466 e. The van der Waals surface area contributed by atoms with Crippen LogP contribution in [0.5, 0.6) is 0 Å². The third kappa shape index (κ3) is 9.05. The first-order valence-electron chi connectivity index (χ1n) is 11.1. The Bertz CT molecular complexity index is 1110. The predicted octanol–water partition coefficient (Wildman–Crippen LogP) is 3.19. The Hall–Kier alpha value is -3.40. The van der Waals surface area contributed by atoms with Gasteiger partial charge >= 0.3 is 5.97 Å². The highest BCUT2D eigenvalue weighted by atomic mass is 79.9. The molecule has 2 amide bonds. The van der Waals surface area contributed by atoms with Gasteiger partial charge in [0.25, 0.3) is 5.91 Å². The number of nitrogens with zero attached hydrogens (tertiary/aromatic N) is 1. The van der Waals surface area contributed by atoms with Crippen LogP contribution in [0, 0.1) is 0 Å². The zero-order valence-corrected chi connectivity index (χ0v) is 21.9. The summed E-state index contributed by atoms with van der Waals surface area (Å²) in [6.07, 6.45) is -0.0475.